The van der Waals surface area contributed by atoms with E-state index >= 15 is 0 Å². The van der Waals surface area contributed by atoms with Gasteiger partial charge in [0.15, 0.2) is 5.11 Å². The number of thiocarbonyl (C=S) groups is 1. The van der Waals surface area contributed by atoms with Crippen LogP contribution in [0.1, 0.15) is 10.6 Å². The molecular weight excluding hydrogens is 284 g/mol. The maximum atomic E-state index is 5.36. The first kappa shape index (κ1) is 11.5. The maximum absolute atomic E-state index is 5.36. The van der Waals surface area contributed by atoms with Crippen molar-refractivity contribution in [1.29, 1.82) is 0 Å². The second kappa shape index (κ2) is 4.81. The Kier molecular flexibility index (Phi) is 3.97. The number of aromatic nitrogens is 1. The quantitative estimate of drug-likeness (QED) is 0.512. The third kappa shape index (κ3) is 2.73. The van der Waals surface area contributed by atoms with Crippen LogP contribution in [0.2, 0.25) is 0 Å². The van der Waals surface area contributed by atoms with Crippen LogP contribution >= 0.6 is 39.7 Å². The lowest BCUT2D eigenvalue weighted by atomic mass is 10.4. The zero-order chi connectivity index (χ0) is 10.7. The molecule has 0 saturated carbocycles. The van der Waals surface area contributed by atoms with E-state index in [1.165, 1.54) is 16.5 Å². The van der Waals surface area contributed by atoms with Crippen molar-refractivity contribution in [2.45, 2.75) is 6.92 Å². The topological polar surface area (TPSA) is 54.5 Å². The van der Waals surface area contributed by atoms with Crippen LogP contribution in [0.5, 0.6) is 0 Å². The van der Waals surface area contributed by atoms with E-state index in [9.17, 15) is 0 Å². The highest BCUT2D eigenvalue weighted by Gasteiger charge is 2.05. The minimum atomic E-state index is 0.235. The molecule has 0 atom stereocenters. The van der Waals surface area contributed by atoms with Gasteiger partial charge in [0, 0.05) is 7.05 Å². The number of halogens is 1. The Morgan fingerprint density at radius 2 is 2.43 bits per heavy atom. The van der Waals surface area contributed by atoms with Gasteiger partial charge in [0.1, 0.15) is 0 Å². The van der Waals surface area contributed by atoms with Gasteiger partial charge < -0.3 is 5.73 Å². The van der Waals surface area contributed by atoms with Crippen LogP contribution in [0, 0.1) is 6.92 Å². The molecule has 1 aromatic heterocycles. The summed E-state index contributed by atoms with van der Waals surface area (Å²) in [5.41, 5.74) is 6.32. The van der Waals surface area contributed by atoms with E-state index in [0.29, 0.717) is 0 Å². The molecular formula is C7H9BrN4S2. The fourth-order valence-corrected chi connectivity index (χ4v) is 1.87. The Labute approximate surface area is 100 Å². The zero-order valence-electron chi connectivity index (χ0n) is 7.69. The molecule has 0 bridgehead atoms. The van der Waals surface area contributed by atoms with Gasteiger partial charge in [-0.25, -0.2) is 5.01 Å². The van der Waals surface area contributed by atoms with Gasteiger partial charge in [0.05, 0.1) is 21.3 Å². The lowest BCUT2D eigenvalue weighted by Gasteiger charge is -2.07. The Bertz CT molecular complexity index is 374. The molecule has 0 fully saturated rings. The van der Waals surface area contributed by atoms with Crippen molar-refractivity contribution in [3.63, 3.8) is 0 Å². The van der Waals surface area contributed by atoms with E-state index in [1.807, 2.05) is 6.92 Å². The van der Waals surface area contributed by atoms with Gasteiger partial charge in [-0.15, -0.1) is 0 Å². The van der Waals surface area contributed by atoms with Gasteiger partial charge in [-0.2, -0.15) is 9.47 Å². The maximum Gasteiger partial charge on any atom is 0.186 e. The first-order valence-electron chi connectivity index (χ1n) is 3.71. The first-order valence-corrected chi connectivity index (χ1v) is 5.68. The zero-order valence-corrected chi connectivity index (χ0v) is 10.9. The van der Waals surface area contributed by atoms with Crippen molar-refractivity contribution in [1.82, 2.24) is 9.38 Å². The number of hydrazone groups is 1. The van der Waals surface area contributed by atoms with E-state index < -0.39 is 0 Å². The summed E-state index contributed by atoms with van der Waals surface area (Å²) in [4.78, 5) is 0.950. The van der Waals surface area contributed by atoms with Crippen LogP contribution < -0.4 is 5.73 Å². The summed E-state index contributed by atoms with van der Waals surface area (Å²) in [7, 11) is 1.70. The Hall–Kier alpha value is -0.530. The molecule has 0 aliphatic heterocycles. The highest BCUT2D eigenvalue weighted by atomic mass is 79.9. The van der Waals surface area contributed by atoms with Crippen LogP contribution in [0.15, 0.2) is 9.57 Å². The molecule has 0 aliphatic rings. The highest BCUT2D eigenvalue weighted by Crippen LogP contribution is 2.22. The molecule has 1 aromatic rings. The fourth-order valence-electron chi connectivity index (χ4n) is 0.652. The van der Waals surface area contributed by atoms with E-state index in [4.69, 9.17) is 18.0 Å². The van der Waals surface area contributed by atoms with Crippen LogP contribution in [0.25, 0.3) is 0 Å². The molecule has 4 nitrogen and oxygen atoms in total. The monoisotopic (exact) mass is 292 g/mol. The first-order chi connectivity index (χ1) is 6.52. The number of hydrogen-bond acceptors (Lipinski definition) is 4. The van der Waals surface area contributed by atoms with E-state index in [-0.39, 0.29) is 5.11 Å². The van der Waals surface area contributed by atoms with Crippen molar-refractivity contribution in [2.24, 2.45) is 10.8 Å². The second-order valence-corrected chi connectivity index (χ2v) is 4.57. The third-order valence-electron chi connectivity index (χ3n) is 1.48. The van der Waals surface area contributed by atoms with E-state index in [0.717, 1.165) is 15.0 Å². The Morgan fingerprint density at radius 1 is 1.79 bits per heavy atom. The van der Waals surface area contributed by atoms with Gasteiger partial charge in [-0.1, -0.05) is 0 Å². The largest absolute Gasteiger partial charge is 0.375 e. The third-order valence-corrected chi connectivity index (χ3v) is 3.88. The number of nitrogens with zero attached hydrogens (tertiary/aromatic N) is 3. The standard InChI is InChI=1S/C7H9BrN4S2/c1-4-6(8)5(14-11-4)3-10-12(2)7(9)13/h3H,1-2H3,(H2,9,13)/b10-3+. The molecule has 0 spiro atoms. The van der Waals surface area contributed by atoms with Crippen molar-refractivity contribution < 1.29 is 0 Å². The van der Waals surface area contributed by atoms with Crippen molar-refractivity contribution >= 4 is 51.0 Å². The molecule has 0 amide bonds. The molecule has 7 heteroatoms. The van der Waals surface area contributed by atoms with Gasteiger partial charge >= 0.3 is 0 Å². The van der Waals surface area contributed by atoms with Crippen molar-refractivity contribution in [2.75, 3.05) is 7.05 Å². The SMILES string of the molecule is Cc1nsc(/C=N/N(C)C(N)=S)c1Br. The summed E-state index contributed by atoms with van der Waals surface area (Å²) in [6.45, 7) is 1.93. The molecule has 76 valence electrons. The number of aryl methyl sites for hydroxylation is 1. The van der Waals surface area contributed by atoms with Gasteiger partial charge in [0.25, 0.3) is 0 Å². The number of rotatable bonds is 2. The lowest BCUT2D eigenvalue weighted by Crippen LogP contribution is -2.26. The van der Waals surface area contributed by atoms with Crippen LogP contribution in [0.3, 0.4) is 0 Å². The minimum absolute atomic E-state index is 0.235. The molecule has 0 saturated heterocycles. The predicted molar refractivity (Wildman–Crippen MR) is 66.7 cm³/mol. The van der Waals surface area contributed by atoms with Gasteiger partial charge in [-0.3, -0.25) is 0 Å². The van der Waals surface area contributed by atoms with E-state index in [1.54, 1.807) is 13.3 Å². The minimum Gasteiger partial charge on any atom is -0.375 e. The molecule has 0 unspecified atom stereocenters. The predicted octanol–water partition coefficient (Wildman–Crippen LogP) is 1.72. The lowest BCUT2D eigenvalue weighted by molar-refractivity contribution is 0.552. The average molecular weight is 293 g/mol. The van der Waals surface area contributed by atoms with Crippen LogP contribution in [-0.4, -0.2) is 27.8 Å². The summed E-state index contributed by atoms with van der Waals surface area (Å²) in [5, 5.41) is 5.71. The molecule has 0 aromatic carbocycles. The average Bonchev–Trinajstić information content (AvgIpc) is 2.44. The smallest absolute Gasteiger partial charge is 0.186 e. The summed E-state index contributed by atoms with van der Waals surface area (Å²) >= 11 is 9.52. The molecule has 2 N–H and O–H groups in total. The highest BCUT2D eigenvalue weighted by molar-refractivity contribution is 9.10. The normalized spacial score (nSPS) is 10.8. The number of nitrogens with two attached hydrogens (primary N) is 1. The summed E-state index contributed by atoms with van der Waals surface area (Å²) in [5.74, 6) is 0. The molecule has 1 rings (SSSR count). The van der Waals surface area contributed by atoms with Gasteiger partial charge in [0.2, 0.25) is 0 Å². The molecule has 14 heavy (non-hydrogen) atoms. The fraction of sp³-hybridized carbons (Fsp3) is 0.286. The Morgan fingerprint density at radius 3 is 2.86 bits per heavy atom. The summed E-state index contributed by atoms with van der Waals surface area (Å²) in [6.07, 6.45) is 1.67. The van der Waals surface area contributed by atoms with Crippen molar-refractivity contribution in [3.8, 4) is 0 Å². The number of hydrogen-bond donors (Lipinski definition) is 1. The van der Waals surface area contributed by atoms with Crippen LogP contribution in [0.4, 0.5) is 0 Å². The van der Waals surface area contributed by atoms with Gasteiger partial charge in [-0.05, 0) is 46.6 Å². The Balaban J connectivity index is 2.78. The molecule has 1 heterocycles. The van der Waals surface area contributed by atoms with Crippen molar-refractivity contribution in [3.05, 3.63) is 15.0 Å². The van der Waals surface area contributed by atoms with Crippen LogP contribution in [-0.2, 0) is 0 Å². The summed E-state index contributed by atoms with van der Waals surface area (Å²) < 4.78 is 5.12. The van der Waals surface area contributed by atoms with E-state index in [2.05, 4.69) is 25.4 Å². The molecule has 0 radical (unpaired) electrons. The second-order valence-electron chi connectivity index (χ2n) is 2.55. The summed E-state index contributed by atoms with van der Waals surface area (Å²) in [6, 6.07) is 0. The molecule has 0 aliphatic carbocycles.